The third kappa shape index (κ3) is 2.46. The molecule has 0 aliphatic rings. The van der Waals surface area contributed by atoms with E-state index in [0.717, 1.165) is 0 Å². The van der Waals surface area contributed by atoms with Crippen LogP contribution in [0.3, 0.4) is 0 Å². The molecule has 0 spiro atoms. The van der Waals surface area contributed by atoms with Crippen LogP contribution in [0.15, 0.2) is 6.20 Å². The molecule has 0 atom stereocenters. The zero-order valence-corrected chi connectivity index (χ0v) is 9.00. The van der Waals surface area contributed by atoms with E-state index in [1.165, 1.54) is 6.20 Å². The van der Waals surface area contributed by atoms with Crippen molar-refractivity contribution in [3.8, 4) is 0 Å². The first-order valence-electron chi connectivity index (χ1n) is 4.08. The molecule has 0 saturated carbocycles. The SMILES string of the molecule is CCOC(=O)c1cnn(C)c1CN.Cl. The first-order chi connectivity index (χ1) is 6.20. The predicted molar refractivity (Wildman–Crippen MR) is 54.3 cm³/mol. The van der Waals surface area contributed by atoms with Crippen molar-refractivity contribution in [2.75, 3.05) is 6.61 Å². The van der Waals surface area contributed by atoms with Crippen molar-refractivity contribution in [3.63, 3.8) is 0 Å². The van der Waals surface area contributed by atoms with Crippen LogP contribution in [0.5, 0.6) is 0 Å². The van der Waals surface area contributed by atoms with Gasteiger partial charge in [0.15, 0.2) is 0 Å². The molecule has 80 valence electrons. The number of rotatable bonds is 3. The summed E-state index contributed by atoms with van der Waals surface area (Å²) < 4.78 is 6.41. The number of aromatic nitrogens is 2. The van der Waals surface area contributed by atoms with Gasteiger partial charge in [-0.2, -0.15) is 5.10 Å². The number of hydrogen-bond donors (Lipinski definition) is 1. The highest BCUT2D eigenvalue weighted by Crippen LogP contribution is 2.07. The van der Waals surface area contributed by atoms with E-state index in [1.54, 1.807) is 18.7 Å². The number of esters is 1. The van der Waals surface area contributed by atoms with Crippen LogP contribution in [0.1, 0.15) is 23.0 Å². The Bertz CT molecular complexity index is 312. The van der Waals surface area contributed by atoms with Crippen molar-refractivity contribution < 1.29 is 9.53 Å². The van der Waals surface area contributed by atoms with Crippen molar-refractivity contribution in [1.82, 2.24) is 9.78 Å². The maximum atomic E-state index is 11.3. The number of carbonyl (C=O) groups is 1. The molecule has 2 N–H and O–H groups in total. The number of nitrogens with two attached hydrogens (primary N) is 1. The van der Waals surface area contributed by atoms with Crippen LogP contribution in [0, 0.1) is 0 Å². The first-order valence-corrected chi connectivity index (χ1v) is 4.08. The molecule has 0 amide bonds. The van der Waals surface area contributed by atoms with Gasteiger partial charge >= 0.3 is 5.97 Å². The fourth-order valence-corrected chi connectivity index (χ4v) is 1.08. The molecule has 1 aromatic rings. The minimum atomic E-state index is -0.365. The summed E-state index contributed by atoms with van der Waals surface area (Å²) in [6.45, 7) is 2.40. The van der Waals surface area contributed by atoms with Crippen molar-refractivity contribution >= 4 is 18.4 Å². The Morgan fingerprint density at radius 3 is 2.86 bits per heavy atom. The molecule has 0 radical (unpaired) electrons. The van der Waals surface area contributed by atoms with Crippen molar-refractivity contribution in [2.24, 2.45) is 12.8 Å². The average Bonchev–Trinajstić information content (AvgIpc) is 2.47. The van der Waals surface area contributed by atoms with Gasteiger partial charge in [0.05, 0.1) is 18.5 Å². The molecule has 14 heavy (non-hydrogen) atoms. The topological polar surface area (TPSA) is 70.1 Å². The predicted octanol–water partition coefficient (Wildman–Crippen LogP) is 0.477. The van der Waals surface area contributed by atoms with Crippen LogP contribution in [-0.2, 0) is 18.3 Å². The molecule has 0 aliphatic carbocycles. The lowest BCUT2D eigenvalue weighted by molar-refractivity contribution is 0.0525. The molecule has 0 aromatic carbocycles. The minimum Gasteiger partial charge on any atom is -0.462 e. The second-order valence-corrected chi connectivity index (χ2v) is 2.55. The monoisotopic (exact) mass is 219 g/mol. The quantitative estimate of drug-likeness (QED) is 0.751. The van der Waals surface area contributed by atoms with E-state index in [0.29, 0.717) is 17.9 Å². The largest absolute Gasteiger partial charge is 0.462 e. The number of hydrogen-bond acceptors (Lipinski definition) is 4. The van der Waals surface area contributed by atoms with E-state index in [2.05, 4.69) is 5.10 Å². The molecule has 1 rings (SSSR count). The van der Waals surface area contributed by atoms with Crippen LogP contribution in [0.25, 0.3) is 0 Å². The Labute approximate surface area is 88.6 Å². The first kappa shape index (κ1) is 12.9. The van der Waals surface area contributed by atoms with E-state index in [9.17, 15) is 4.79 Å². The summed E-state index contributed by atoms with van der Waals surface area (Å²) in [4.78, 5) is 11.3. The number of nitrogens with zero attached hydrogens (tertiary/aromatic N) is 2. The van der Waals surface area contributed by atoms with E-state index < -0.39 is 0 Å². The number of aryl methyl sites for hydroxylation is 1. The van der Waals surface area contributed by atoms with E-state index in [4.69, 9.17) is 10.5 Å². The highest BCUT2D eigenvalue weighted by molar-refractivity contribution is 5.90. The maximum Gasteiger partial charge on any atom is 0.341 e. The fraction of sp³-hybridized carbons (Fsp3) is 0.500. The van der Waals surface area contributed by atoms with E-state index >= 15 is 0 Å². The van der Waals surface area contributed by atoms with Gasteiger partial charge < -0.3 is 10.5 Å². The van der Waals surface area contributed by atoms with Gasteiger partial charge in [-0.05, 0) is 6.92 Å². The number of ether oxygens (including phenoxy) is 1. The normalized spacial score (nSPS) is 9.36. The summed E-state index contributed by atoms with van der Waals surface area (Å²) >= 11 is 0. The van der Waals surface area contributed by atoms with Crippen LogP contribution in [-0.4, -0.2) is 22.4 Å². The Hall–Kier alpha value is -1.07. The van der Waals surface area contributed by atoms with E-state index in [1.807, 2.05) is 0 Å². The zero-order valence-electron chi connectivity index (χ0n) is 8.19. The van der Waals surface area contributed by atoms with Crippen LogP contribution in [0.4, 0.5) is 0 Å². The van der Waals surface area contributed by atoms with Gasteiger partial charge in [0, 0.05) is 13.6 Å². The lowest BCUT2D eigenvalue weighted by atomic mass is 10.2. The molecule has 1 heterocycles. The molecule has 5 nitrogen and oxygen atoms in total. The summed E-state index contributed by atoms with van der Waals surface area (Å²) in [6, 6.07) is 0. The second-order valence-electron chi connectivity index (χ2n) is 2.55. The third-order valence-electron chi connectivity index (χ3n) is 1.75. The van der Waals surface area contributed by atoms with Gasteiger partial charge in [0.25, 0.3) is 0 Å². The van der Waals surface area contributed by atoms with Crippen molar-refractivity contribution in [1.29, 1.82) is 0 Å². The molecule has 0 saturated heterocycles. The third-order valence-corrected chi connectivity index (χ3v) is 1.75. The van der Waals surface area contributed by atoms with Crippen molar-refractivity contribution in [2.45, 2.75) is 13.5 Å². The lowest BCUT2D eigenvalue weighted by Gasteiger charge is -2.02. The van der Waals surface area contributed by atoms with Gasteiger partial charge in [-0.25, -0.2) is 4.79 Å². The zero-order chi connectivity index (χ0) is 9.84. The summed E-state index contributed by atoms with van der Waals surface area (Å²) in [5.41, 5.74) is 6.61. The van der Waals surface area contributed by atoms with Gasteiger partial charge in [0.2, 0.25) is 0 Å². The molecule has 0 aliphatic heterocycles. The Kier molecular flexibility index (Phi) is 5.19. The molecule has 0 unspecified atom stereocenters. The van der Waals surface area contributed by atoms with Gasteiger partial charge in [0.1, 0.15) is 5.56 Å². The standard InChI is InChI=1S/C8H13N3O2.ClH/c1-3-13-8(12)6-5-10-11(2)7(6)4-9;/h5H,3-4,9H2,1-2H3;1H. The molecular formula is C8H14ClN3O2. The smallest absolute Gasteiger partial charge is 0.341 e. The highest BCUT2D eigenvalue weighted by Gasteiger charge is 2.15. The average molecular weight is 220 g/mol. The summed E-state index contributed by atoms with van der Waals surface area (Å²) in [5, 5.41) is 3.93. The molecule has 0 fully saturated rings. The minimum absolute atomic E-state index is 0. The molecule has 6 heteroatoms. The maximum absolute atomic E-state index is 11.3. The Balaban J connectivity index is 0.00000169. The second kappa shape index (κ2) is 5.62. The Morgan fingerprint density at radius 2 is 2.36 bits per heavy atom. The van der Waals surface area contributed by atoms with Gasteiger partial charge in [-0.15, -0.1) is 12.4 Å². The lowest BCUT2D eigenvalue weighted by Crippen LogP contribution is -2.12. The van der Waals surface area contributed by atoms with Crippen LogP contribution < -0.4 is 5.73 Å². The molecular weight excluding hydrogens is 206 g/mol. The summed E-state index contributed by atoms with van der Waals surface area (Å²) in [7, 11) is 1.74. The Morgan fingerprint density at radius 1 is 1.71 bits per heavy atom. The van der Waals surface area contributed by atoms with Gasteiger partial charge in [-0.1, -0.05) is 0 Å². The number of halogens is 1. The van der Waals surface area contributed by atoms with Crippen molar-refractivity contribution in [3.05, 3.63) is 17.5 Å². The summed E-state index contributed by atoms with van der Waals surface area (Å²) in [6.07, 6.45) is 1.47. The van der Waals surface area contributed by atoms with Crippen LogP contribution >= 0.6 is 12.4 Å². The van der Waals surface area contributed by atoms with Crippen LogP contribution in [0.2, 0.25) is 0 Å². The highest BCUT2D eigenvalue weighted by atomic mass is 35.5. The van der Waals surface area contributed by atoms with Gasteiger partial charge in [-0.3, -0.25) is 4.68 Å². The molecule has 0 bridgehead atoms. The van der Waals surface area contributed by atoms with E-state index in [-0.39, 0.29) is 24.9 Å². The molecule has 1 aromatic heterocycles. The summed E-state index contributed by atoms with van der Waals surface area (Å²) in [5.74, 6) is -0.365. The number of carbonyl (C=O) groups excluding carboxylic acids is 1. The fourth-order valence-electron chi connectivity index (χ4n) is 1.08.